The van der Waals surface area contributed by atoms with Crippen molar-refractivity contribution in [2.75, 3.05) is 13.1 Å². The van der Waals surface area contributed by atoms with Gasteiger partial charge in [0.25, 0.3) is 0 Å². The number of carbonyl (C=O) groups excluding carboxylic acids is 1. The Balaban J connectivity index is 2.46. The van der Waals surface area contributed by atoms with E-state index in [9.17, 15) is 9.59 Å². The van der Waals surface area contributed by atoms with E-state index in [0.717, 1.165) is 19.4 Å². The zero-order valence-electron chi connectivity index (χ0n) is 10.7. The molecule has 0 aromatic rings. The summed E-state index contributed by atoms with van der Waals surface area (Å²) in [5.41, 5.74) is -0.923. The summed E-state index contributed by atoms with van der Waals surface area (Å²) in [7, 11) is 0. The number of carboxylic acids is 1. The molecule has 2 atom stereocenters. The van der Waals surface area contributed by atoms with Gasteiger partial charge < -0.3 is 15.7 Å². The molecule has 1 saturated heterocycles. The zero-order chi connectivity index (χ0) is 13.1. The van der Waals surface area contributed by atoms with Crippen LogP contribution in [-0.2, 0) is 9.59 Å². The molecule has 98 valence electrons. The molecular formula is C12H22N2O3. The van der Waals surface area contributed by atoms with Crippen molar-refractivity contribution in [3.8, 4) is 0 Å². The Morgan fingerprint density at radius 3 is 2.65 bits per heavy atom. The first-order chi connectivity index (χ1) is 7.84. The van der Waals surface area contributed by atoms with Crippen molar-refractivity contribution in [2.24, 2.45) is 11.3 Å². The third-order valence-corrected chi connectivity index (χ3v) is 3.34. The van der Waals surface area contributed by atoms with Gasteiger partial charge in [0.05, 0.1) is 11.5 Å². The van der Waals surface area contributed by atoms with Gasteiger partial charge in [-0.25, -0.2) is 0 Å². The number of aliphatic carboxylic acids is 1. The Bertz CT molecular complexity index is 302. The predicted molar refractivity (Wildman–Crippen MR) is 64.6 cm³/mol. The molecule has 3 N–H and O–H groups in total. The summed E-state index contributed by atoms with van der Waals surface area (Å²) in [4.78, 5) is 22.8. The highest BCUT2D eigenvalue weighted by atomic mass is 16.4. The number of hydrogen-bond acceptors (Lipinski definition) is 3. The highest BCUT2D eigenvalue weighted by Gasteiger charge is 2.31. The van der Waals surface area contributed by atoms with Gasteiger partial charge in [0.2, 0.25) is 5.91 Å². The third kappa shape index (κ3) is 3.70. The van der Waals surface area contributed by atoms with E-state index in [1.807, 2.05) is 6.92 Å². The molecular weight excluding hydrogens is 220 g/mol. The monoisotopic (exact) mass is 242 g/mol. The Labute approximate surface area is 102 Å². The number of amides is 1. The molecule has 0 aromatic heterocycles. The van der Waals surface area contributed by atoms with Crippen LogP contribution in [0.15, 0.2) is 0 Å². The van der Waals surface area contributed by atoms with Gasteiger partial charge in [-0.3, -0.25) is 9.59 Å². The van der Waals surface area contributed by atoms with E-state index in [-0.39, 0.29) is 18.5 Å². The molecule has 5 heteroatoms. The molecule has 1 amide bonds. The van der Waals surface area contributed by atoms with Gasteiger partial charge in [0.15, 0.2) is 0 Å². The second-order valence-electron chi connectivity index (χ2n) is 5.46. The van der Waals surface area contributed by atoms with Gasteiger partial charge in [-0.1, -0.05) is 6.92 Å². The number of carbonyl (C=O) groups is 2. The van der Waals surface area contributed by atoms with Crippen LogP contribution in [-0.4, -0.2) is 36.1 Å². The van der Waals surface area contributed by atoms with Crippen LogP contribution >= 0.6 is 0 Å². The van der Waals surface area contributed by atoms with Gasteiger partial charge >= 0.3 is 5.97 Å². The van der Waals surface area contributed by atoms with Crippen LogP contribution in [0.1, 0.15) is 33.6 Å². The lowest BCUT2D eigenvalue weighted by Gasteiger charge is -2.30. The molecule has 0 bridgehead atoms. The van der Waals surface area contributed by atoms with Crippen molar-refractivity contribution in [1.29, 1.82) is 0 Å². The van der Waals surface area contributed by atoms with Crippen molar-refractivity contribution in [1.82, 2.24) is 10.6 Å². The molecule has 1 rings (SSSR count). The van der Waals surface area contributed by atoms with Crippen LogP contribution in [0.2, 0.25) is 0 Å². The minimum atomic E-state index is -0.923. The molecule has 0 aromatic carbocycles. The molecule has 0 saturated carbocycles. The smallest absolute Gasteiger partial charge is 0.310 e. The van der Waals surface area contributed by atoms with E-state index < -0.39 is 11.4 Å². The van der Waals surface area contributed by atoms with Crippen LogP contribution in [0, 0.1) is 11.3 Å². The maximum atomic E-state index is 11.9. The maximum absolute atomic E-state index is 11.9. The minimum absolute atomic E-state index is 0.0912. The molecule has 0 spiro atoms. The average molecular weight is 242 g/mol. The standard InChI is InChI=1S/C12H22N2O3/c1-8-5-4-6-13-9(8)10(15)14-7-12(2,3)11(16)17/h8-9,13H,4-7H2,1-3H3,(H,14,15)(H,16,17). The second-order valence-corrected chi connectivity index (χ2v) is 5.46. The summed E-state index contributed by atoms with van der Waals surface area (Å²) in [5.74, 6) is -0.689. The highest BCUT2D eigenvalue weighted by molar-refractivity contribution is 5.83. The number of nitrogens with one attached hydrogen (secondary N) is 2. The Kier molecular flexibility index (Phi) is 4.51. The number of rotatable bonds is 4. The summed E-state index contributed by atoms with van der Waals surface area (Å²) >= 11 is 0. The van der Waals surface area contributed by atoms with Crippen molar-refractivity contribution in [3.63, 3.8) is 0 Å². The fourth-order valence-corrected chi connectivity index (χ4v) is 1.89. The first-order valence-corrected chi connectivity index (χ1v) is 6.09. The summed E-state index contributed by atoms with van der Waals surface area (Å²) < 4.78 is 0. The van der Waals surface area contributed by atoms with E-state index in [1.165, 1.54) is 0 Å². The SMILES string of the molecule is CC1CCCNC1C(=O)NCC(C)(C)C(=O)O. The first kappa shape index (κ1) is 14.0. The van der Waals surface area contributed by atoms with Crippen molar-refractivity contribution >= 4 is 11.9 Å². The normalized spacial score (nSPS) is 25.4. The summed E-state index contributed by atoms with van der Waals surface area (Å²) in [6.45, 7) is 6.26. The number of piperidine rings is 1. The molecule has 2 unspecified atom stereocenters. The van der Waals surface area contributed by atoms with Gasteiger partial charge in [-0.05, 0) is 39.2 Å². The van der Waals surface area contributed by atoms with E-state index in [0.29, 0.717) is 5.92 Å². The minimum Gasteiger partial charge on any atom is -0.481 e. The lowest BCUT2D eigenvalue weighted by Crippen LogP contribution is -2.52. The van der Waals surface area contributed by atoms with Gasteiger partial charge in [0, 0.05) is 6.54 Å². The zero-order valence-corrected chi connectivity index (χ0v) is 10.7. The molecule has 1 fully saturated rings. The van der Waals surface area contributed by atoms with E-state index in [1.54, 1.807) is 13.8 Å². The van der Waals surface area contributed by atoms with Crippen molar-refractivity contribution in [3.05, 3.63) is 0 Å². The lowest BCUT2D eigenvalue weighted by molar-refractivity contribution is -0.146. The Morgan fingerprint density at radius 1 is 1.47 bits per heavy atom. The van der Waals surface area contributed by atoms with Crippen LogP contribution in [0.4, 0.5) is 0 Å². The quantitative estimate of drug-likeness (QED) is 0.674. The first-order valence-electron chi connectivity index (χ1n) is 6.09. The fraction of sp³-hybridized carbons (Fsp3) is 0.833. The highest BCUT2D eigenvalue weighted by Crippen LogP contribution is 2.17. The number of hydrogen-bond donors (Lipinski definition) is 3. The fourth-order valence-electron chi connectivity index (χ4n) is 1.89. The van der Waals surface area contributed by atoms with Crippen molar-refractivity contribution in [2.45, 2.75) is 39.7 Å². The molecule has 0 radical (unpaired) electrons. The molecule has 17 heavy (non-hydrogen) atoms. The molecule has 1 heterocycles. The predicted octanol–water partition coefficient (Wildman–Crippen LogP) is 0.601. The average Bonchev–Trinajstić information content (AvgIpc) is 2.26. The van der Waals surface area contributed by atoms with E-state index in [4.69, 9.17) is 5.11 Å². The van der Waals surface area contributed by atoms with Crippen molar-refractivity contribution < 1.29 is 14.7 Å². The summed E-state index contributed by atoms with van der Waals surface area (Å²) in [6, 6.07) is -0.187. The lowest BCUT2D eigenvalue weighted by atomic mass is 9.90. The molecule has 1 aliphatic heterocycles. The van der Waals surface area contributed by atoms with Crippen LogP contribution in [0.25, 0.3) is 0 Å². The third-order valence-electron chi connectivity index (χ3n) is 3.34. The largest absolute Gasteiger partial charge is 0.481 e. The van der Waals surface area contributed by atoms with Crippen LogP contribution < -0.4 is 10.6 Å². The maximum Gasteiger partial charge on any atom is 0.310 e. The molecule has 0 aliphatic carbocycles. The van der Waals surface area contributed by atoms with E-state index in [2.05, 4.69) is 10.6 Å². The number of carboxylic acid groups (broad SMARTS) is 1. The van der Waals surface area contributed by atoms with Gasteiger partial charge in [-0.15, -0.1) is 0 Å². The van der Waals surface area contributed by atoms with Crippen LogP contribution in [0.3, 0.4) is 0 Å². The topological polar surface area (TPSA) is 78.4 Å². The molecule has 1 aliphatic rings. The molecule has 5 nitrogen and oxygen atoms in total. The second kappa shape index (κ2) is 5.49. The van der Waals surface area contributed by atoms with Gasteiger partial charge in [-0.2, -0.15) is 0 Å². The Hall–Kier alpha value is -1.10. The summed E-state index contributed by atoms with van der Waals surface area (Å²) in [5, 5.41) is 14.8. The van der Waals surface area contributed by atoms with E-state index >= 15 is 0 Å². The van der Waals surface area contributed by atoms with Gasteiger partial charge in [0.1, 0.15) is 0 Å². The Morgan fingerprint density at radius 2 is 2.12 bits per heavy atom. The van der Waals surface area contributed by atoms with Crippen LogP contribution in [0.5, 0.6) is 0 Å². The summed E-state index contributed by atoms with van der Waals surface area (Å²) in [6.07, 6.45) is 2.12.